The van der Waals surface area contributed by atoms with Gasteiger partial charge in [0.2, 0.25) is 5.91 Å². The second kappa shape index (κ2) is 53.1. The van der Waals surface area contributed by atoms with Gasteiger partial charge in [0.05, 0.1) is 25.4 Å². The minimum absolute atomic E-state index is 0.172. The molecule has 0 aliphatic carbocycles. The summed E-state index contributed by atoms with van der Waals surface area (Å²) in [5.74, 6) is -0.172. The number of rotatable bonds is 55. The van der Waals surface area contributed by atoms with E-state index in [2.05, 4.69) is 31.3 Å². The third-order valence-electron chi connectivity index (χ3n) is 15.3. The van der Waals surface area contributed by atoms with E-state index in [1.54, 1.807) is 6.08 Å². The molecule has 7 unspecified atom stereocenters. The Hall–Kier alpha value is -1.33. The van der Waals surface area contributed by atoms with Crippen LogP contribution in [0.4, 0.5) is 0 Å². The SMILES string of the molecule is CCCCCCCCCCCCCC/C=C\CCCCCCCCCCCCCCC(=O)NC(COC1OC(CO)C(O)C(O)C1O)C(O)/C=C/CCCCCCCCCCCCCCCCCCCCC. The average molecular weight is 1020 g/mol. The van der Waals surface area contributed by atoms with Crippen LogP contribution in [-0.4, -0.2) is 87.5 Å². The van der Waals surface area contributed by atoms with Crippen LogP contribution in [0.1, 0.15) is 316 Å². The third-order valence-corrected chi connectivity index (χ3v) is 15.3. The molecule has 1 fully saturated rings. The Morgan fingerprint density at radius 3 is 1.12 bits per heavy atom. The molecule has 0 aromatic carbocycles. The molecular formula is C63H121NO8. The Morgan fingerprint density at radius 2 is 0.778 bits per heavy atom. The zero-order valence-electron chi connectivity index (χ0n) is 47.5. The fourth-order valence-corrected chi connectivity index (χ4v) is 10.3. The third kappa shape index (κ3) is 41.9. The molecule has 0 radical (unpaired) electrons. The van der Waals surface area contributed by atoms with Crippen LogP contribution in [0.15, 0.2) is 24.3 Å². The van der Waals surface area contributed by atoms with Crippen molar-refractivity contribution in [3.63, 3.8) is 0 Å². The van der Waals surface area contributed by atoms with Gasteiger partial charge in [0, 0.05) is 6.42 Å². The maximum Gasteiger partial charge on any atom is 0.220 e. The molecule has 0 aromatic rings. The molecule has 7 atom stereocenters. The van der Waals surface area contributed by atoms with Crippen LogP contribution in [-0.2, 0) is 14.3 Å². The number of ether oxygens (including phenoxy) is 2. The molecule has 9 nitrogen and oxygen atoms in total. The van der Waals surface area contributed by atoms with Crippen molar-refractivity contribution in [1.82, 2.24) is 5.32 Å². The molecule has 1 rings (SSSR count). The van der Waals surface area contributed by atoms with Gasteiger partial charge in [-0.25, -0.2) is 0 Å². The Kier molecular flexibility index (Phi) is 50.6. The maximum absolute atomic E-state index is 13.1. The monoisotopic (exact) mass is 1020 g/mol. The number of aliphatic hydroxyl groups is 5. The molecular weight excluding hydrogens is 899 g/mol. The number of allylic oxidation sites excluding steroid dienone is 3. The number of aliphatic hydroxyl groups excluding tert-OH is 5. The van der Waals surface area contributed by atoms with E-state index in [9.17, 15) is 30.3 Å². The topological polar surface area (TPSA) is 149 Å². The summed E-state index contributed by atoms with van der Waals surface area (Å²) in [5.41, 5.74) is 0. The zero-order valence-corrected chi connectivity index (χ0v) is 47.5. The number of carbonyl (C=O) groups excluding carboxylic acids is 1. The molecule has 1 saturated heterocycles. The molecule has 1 heterocycles. The minimum atomic E-state index is -1.57. The Bertz CT molecular complexity index is 1180. The summed E-state index contributed by atoms with van der Waals surface area (Å²) in [6.07, 6.45) is 61.1. The van der Waals surface area contributed by atoms with Crippen molar-refractivity contribution in [3.05, 3.63) is 24.3 Å². The molecule has 1 aliphatic rings. The Balaban J connectivity index is 2.17. The van der Waals surface area contributed by atoms with Crippen molar-refractivity contribution in [2.45, 2.75) is 358 Å². The first-order valence-corrected chi connectivity index (χ1v) is 31.6. The summed E-state index contributed by atoms with van der Waals surface area (Å²) < 4.78 is 11.3. The van der Waals surface area contributed by atoms with Crippen molar-refractivity contribution in [1.29, 1.82) is 0 Å². The lowest BCUT2D eigenvalue weighted by atomic mass is 9.99. The molecule has 0 bridgehead atoms. The van der Waals surface area contributed by atoms with Crippen LogP contribution in [0.25, 0.3) is 0 Å². The highest BCUT2D eigenvalue weighted by Crippen LogP contribution is 2.23. The molecule has 0 saturated carbocycles. The number of hydrogen-bond acceptors (Lipinski definition) is 8. The average Bonchev–Trinajstić information content (AvgIpc) is 3.38. The van der Waals surface area contributed by atoms with Gasteiger partial charge in [0.25, 0.3) is 0 Å². The van der Waals surface area contributed by atoms with Crippen LogP contribution < -0.4 is 5.32 Å². The van der Waals surface area contributed by atoms with Gasteiger partial charge in [-0.2, -0.15) is 0 Å². The predicted molar refractivity (Wildman–Crippen MR) is 304 cm³/mol. The number of hydrogen-bond donors (Lipinski definition) is 6. The van der Waals surface area contributed by atoms with Crippen LogP contribution in [0.3, 0.4) is 0 Å². The van der Waals surface area contributed by atoms with Crippen LogP contribution in [0.5, 0.6) is 0 Å². The van der Waals surface area contributed by atoms with Crippen molar-refractivity contribution in [2.24, 2.45) is 0 Å². The molecule has 9 heteroatoms. The second-order valence-electron chi connectivity index (χ2n) is 22.2. The normalized spacial score (nSPS) is 19.2. The van der Waals surface area contributed by atoms with E-state index in [0.717, 1.165) is 38.5 Å². The van der Waals surface area contributed by atoms with Gasteiger partial charge in [-0.15, -0.1) is 0 Å². The number of nitrogens with one attached hydrogen (secondary N) is 1. The summed E-state index contributed by atoms with van der Waals surface area (Å²) in [6.45, 7) is 3.83. The van der Waals surface area contributed by atoms with Crippen LogP contribution in [0, 0.1) is 0 Å². The quantitative estimate of drug-likeness (QED) is 0.0261. The first-order chi connectivity index (χ1) is 35.3. The summed E-state index contributed by atoms with van der Waals surface area (Å²) >= 11 is 0. The second-order valence-corrected chi connectivity index (χ2v) is 22.2. The number of amides is 1. The van der Waals surface area contributed by atoms with Crippen LogP contribution >= 0.6 is 0 Å². The maximum atomic E-state index is 13.1. The van der Waals surface area contributed by atoms with Crippen molar-refractivity contribution >= 4 is 5.91 Å². The highest BCUT2D eigenvalue weighted by Gasteiger charge is 2.44. The van der Waals surface area contributed by atoms with Crippen molar-refractivity contribution in [3.8, 4) is 0 Å². The van der Waals surface area contributed by atoms with Gasteiger partial charge in [0.1, 0.15) is 24.4 Å². The summed E-state index contributed by atoms with van der Waals surface area (Å²) in [6, 6.07) is -0.804. The fraction of sp³-hybridized carbons (Fsp3) is 0.921. The molecule has 6 N–H and O–H groups in total. The highest BCUT2D eigenvalue weighted by atomic mass is 16.7. The van der Waals surface area contributed by atoms with Crippen LogP contribution in [0.2, 0.25) is 0 Å². The smallest absolute Gasteiger partial charge is 0.220 e. The predicted octanol–water partition coefficient (Wildman–Crippen LogP) is 16.1. The van der Waals surface area contributed by atoms with E-state index in [4.69, 9.17) is 9.47 Å². The van der Waals surface area contributed by atoms with Gasteiger partial charge in [-0.3, -0.25) is 4.79 Å². The van der Waals surface area contributed by atoms with Gasteiger partial charge < -0.3 is 40.3 Å². The standard InChI is InChI=1S/C63H121NO8/c1-3-5-7-9-11-13-15-17-19-21-23-25-26-27-28-29-30-31-33-35-37-39-41-43-45-47-49-51-53-59(67)64-56(55-71-63-62(70)61(69)60(68)58(54-65)72-63)57(66)52-50-48-46-44-42-40-38-36-34-32-24-22-20-18-16-14-12-10-8-6-4-2/h27-28,50,52,56-58,60-63,65-66,68-70H,3-26,29-49,51,53-55H2,1-2H3,(H,64,67)/b28-27-,52-50+. The lowest BCUT2D eigenvalue weighted by Gasteiger charge is -2.40. The van der Waals surface area contributed by atoms with Crippen molar-refractivity contribution in [2.75, 3.05) is 13.2 Å². The summed E-state index contributed by atoms with van der Waals surface area (Å²) in [5, 5.41) is 54.6. The molecule has 0 spiro atoms. The largest absolute Gasteiger partial charge is 0.394 e. The fourth-order valence-electron chi connectivity index (χ4n) is 10.3. The van der Waals surface area contributed by atoms with E-state index in [1.807, 2.05) is 6.08 Å². The first-order valence-electron chi connectivity index (χ1n) is 31.6. The molecule has 1 amide bonds. The minimum Gasteiger partial charge on any atom is -0.394 e. The lowest BCUT2D eigenvalue weighted by Crippen LogP contribution is -2.60. The van der Waals surface area contributed by atoms with Crippen molar-refractivity contribution < 1.29 is 39.8 Å². The molecule has 426 valence electrons. The van der Waals surface area contributed by atoms with E-state index in [-0.39, 0.29) is 12.5 Å². The first kappa shape index (κ1) is 68.7. The Morgan fingerprint density at radius 1 is 0.458 bits per heavy atom. The van der Waals surface area contributed by atoms with E-state index in [0.29, 0.717) is 6.42 Å². The van der Waals surface area contributed by atoms with Gasteiger partial charge in [-0.1, -0.05) is 289 Å². The molecule has 1 aliphatic heterocycles. The number of carbonyl (C=O) groups is 1. The van der Waals surface area contributed by atoms with Gasteiger partial charge in [-0.05, 0) is 44.9 Å². The van der Waals surface area contributed by atoms with Gasteiger partial charge >= 0.3 is 0 Å². The lowest BCUT2D eigenvalue weighted by molar-refractivity contribution is -0.302. The Labute approximate surface area is 445 Å². The molecule has 72 heavy (non-hydrogen) atoms. The van der Waals surface area contributed by atoms with E-state index < -0.39 is 49.5 Å². The summed E-state index contributed by atoms with van der Waals surface area (Å²) in [4.78, 5) is 13.1. The zero-order chi connectivity index (χ0) is 52.2. The summed E-state index contributed by atoms with van der Waals surface area (Å²) in [7, 11) is 0. The van der Waals surface area contributed by atoms with E-state index >= 15 is 0 Å². The highest BCUT2D eigenvalue weighted by molar-refractivity contribution is 5.76. The number of unbranched alkanes of at least 4 members (excludes halogenated alkanes) is 43. The molecule has 0 aromatic heterocycles. The van der Waals surface area contributed by atoms with Gasteiger partial charge in [0.15, 0.2) is 6.29 Å². The van der Waals surface area contributed by atoms with E-state index in [1.165, 1.54) is 257 Å².